The largest absolute Gasteiger partial charge is 0.507 e. The van der Waals surface area contributed by atoms with Gasteiger partial charge in [-0.1, -0.05) is 103 Å². The molecular formula is C38H34ClN3O5S2. The van der Waals surface area contributed by atoms with Crippen molar-refractivity contribution >= 4 is 57.3 Å². The highest BCUT2D eigenvalue weighted by Crippen LogP contribution is 2.44. The van der Waals surface area contributed by atoms with Gasteiger partial charge in [0.2, 0.25) is 5.13 Å². The Balaban J connectivity index is 1.30. The van der Waals surface area contributed by atoms with Crippen molar-refractivity contribution in [2.75, 3.05) is 11.5 Å². The molecule has 1 aliphatic rings. The molecule has 0 bridgehead atoms. The lowest BCUT2D eigenvalue weighted by molar-refractivity contribution is -0.132. The van der Waals surface area contributed by atoms with E-state index in [0.29, 0.717) is 51.0 Å². The number of hydrogen-bond donors (Lipinski definition) is 1. The molecule has 1 fully saturated rings. The van der Waals surface area contributed by atoms with Gasteiger partial charge in [-0.25, -0.2) is 0 Å². The number of amides is 1. The summed E-state index contributed by atoms with van der Waals surface area (Å²) in [5.41, 5.74) is 4.08. The first-order chi connectivity index (χ1) is 23.8. The van der Waals surface area contributed by atoms with Gasteiger partial charge in [0.1, 0.15) is 23.9 Å². The molecule has 250 valence electrons. The highest BCUT2D eigenvalue weighted by molar-refractivity contribution is 8.00. The number of nitrogens with zero attached hydrogens (tertiary/aromatic N) is 3. The van der Waals surface area contributed by atoms with Crippen LogP contribution in [0.15, 0.2) is 107 Å². The van der Waals surface area contributed by atoms with E-state index < -0.39 is 17.7 Å². The number of carbonyl (C=O) groups excluding carboxylic acids is 2. The molecule has 0 radical (unpaired) electrons. The molecule has 8 nitrogen and oxygen atoms in total. The SMILES string of the molecule is CCCCOc1ccc(C2C(=C(O)c3ccc(OCc4ccccc4C)cc3)C(=O)C(=O)N2c2nnc(SCc3ccccc3Cl)s2)cc1. The van der Waals surface area contributed by atoms with E-state index in [2.05, 4.69) is 17.1 Å². The molecule has 2 heterocycles. The van der Waals surface area contributed by atoms with Crippen LogP contribution in [0, 0.1) is 6.92 Å². The van der Waals surface area contributed by atoms with E-state index in [9.17, 15) is 14.7 Å². The number of aromatic nitrogens is 2. The van der Waals surface area contributed by atoms with Crippen LogP contribution in [0.1, 0.15) is 53.6 Å². The lowest BCUT2D eigenvalue weighted by Crippen LogP contribution is -2.29. The first-order valence-corrected chi connectivity index (χ1v) is 18.0. The number of carbonyl (C=O) groups is 2. The molecule has 11 heteroatoms. The summed E-state index contributed by atoms with van der Waals surface area (Å²) in [6.45, 7) is 5.09. The fraction of sp³-hybridized carbons (Fsp3) is 0.211. The van der Waals surface area contributed by atoms with E-state index in [1.54, 1.807) is 48.5 Å². The fourth-order valence-corrected chi connectivity index (χ4v) is 7.49. The number of thioether (sulfide) groups is 1. The van der Waals surface area contributed by atoms with Gasteiger partial charge in [0.15, 0.2) is 4.34 Å². The third kappa shape index (κ3) is 7.83. The first kappa shape index (κ1) is 34.2. The fourth-order valence-electron chi connectivity index (χ4n) is 5.34. The molecular weight excluding hydrogens is 678 g/mol. The Kier molecular flexibility index (Phi) is 11.0. The third-order valence-corrected chi connectivity index (χ3v) is 10.6. The van der Waals surface area contributed by atoms with Crippen molar-refractivity contribution in [2.24, 2.45) is 0 Å². The van der Waals surface area contributed by atoms with Gasteiger partial charge < -0.3 is 14.6 Å². The molecule has 0 saturated carbocycles. The van der Waals surface area contributed by atoms with Crippen molar-refractivity contribution in [3.05, 3.63) is 135 Å². The van der Waals surface area contributed by atoms with E-state index in [-0.39, 0.29) is 16.5 Å². The monoisotopic (exact) mass is 711 g/mol. The first-order valence-electron chi connectivity index (χ1n) is 15.8. The molecule has 1 saturated heterocycles. The van der Waals surface area contributed by atoms with Gasteiger partial charge in [0.05, 0.1) is 18.2 Å². The van der Waals surface area contributed by atoms with Gasteiger partial charge in [-0.05, 0) is 78.1 Å². The van der Waals surface area contributed by atoms with Crippen LogP contribution in [-0.2, 0) is 21.9 Å². The average molecular weight is 712 g/mol. The lowest BCUT2D eigenvalue weighted by Gasteiger charge is -2.22. The Morgan fingerprint density at radius 1 is 0.898 bits per heavy atom. The molecule has 5 aromatic rings. The zero-order chi connectivity index (χ0) is 34.3. The third-order valence-electron chi connectivity index (χ3n) is 8.10. The van der Waals surface area contributed by atoms with Gasteiger partial charge in [0.25, 0.3) is 5.78 Å². The summed E-state index contributed by atoms with van der Waals surface area (Å²) < 4.78 is 12.4. The minimum Gasteiger partial charge on any atom is -0.507 e. The molecule has 1 N–H and O–H groups in total. The highest BCUT2D eigenvalue weighted by atomic mass is 35.5. The van der Waals surface area contributed by atoms with Gasteiger partial charge in [-0.15, -0.1) is 10.2 Å². The van der Waals surface area contributed by atoms with Crippen molar-refractivity contribution < 1.29 is 24.2 Å². The maximum absolute atomic E-state index is 13.7. The van der Waals surface area contributed by atoms with Crippen LogP contribution in [0.4, 0.5) is 5.13 Å². The molecule has 6 rings (SSSR count). The predicted octanol–water partition coefficient (Wildman–Crippen LogP) is 9.18. The summed E-state index contributed by atoms with van der Waals surface area (Å²) in [5.74, 6) is -0.0770. The summed E-state index contributed by atoms with van der Waals surface area (Å²) >= 11 is 8.97. The van der Waals surface area contributed by atoms with Crippen LogP contribution in [0.3, 0.4) is 0 Å². The maximum atomic E-state index is 13.7. The molecule has 1 atom stereocenters. The van der Waals surface area contributed by atoms with Crippen molar-refractivity contribution in [3.63, 3.8) is 0 Å². The van der Waals surface area contributed by atoms with Gasteiger partial charge in [0, 0.05) is 16.3 Å². The van der Waals surface area contributed by atoms with Crippen molar-refractivity contribution in [1.82, 2.24) is 10.2 Å². The number of anilines is 1. The quantitative estimate of drug-likeness (QED) is 0.0322. The zero-order valence-corrected chi connectivity index (χ0v) is 29.4. The Hall–Kier alpha value is -4.64. The van der Waals surface area contributed by atoms with E-state index in [4.69, 9.17) is 21.1 Å². The second-order valence-corrected chi connectivity index (χ2v) is 14.0. The van der Waals surface area contributed by atoms with Crippen LogP contribution >= 0.6 is 34.7 Å². The number of ether oxygens (including phenoxy) is 2. The summed E-state index contributed by atoms with van der Waals surface area (Å²) in [7, 11) is 0. The molecule has 1 aliphatic heterocycles. The van der Waals surface area contributed by atoms with Crippen LogP contribution in [0.25, 0.3) is 5.76 Å². The summed E-state index contributed by atoms with van der Waals surface area (Å²) in [6.07, 6.45) is 1.93. The summed E-state index contributed by atoms with van der Waals surface area (Å²) in [4.78, 5) is 28.8. The Labute approximate surface area is 298 Å². The highest BCUT2D eigenvalue weighted by Gasteiger charge is 2.48. The Morgan fingerprint density at radius 2 is 1.57 bits per heavy atom. The van der Waals surface area contributed by atoms with Crippen LogP contribution in [0.2, 0.25) is 5.02 Å². The average Bonchev–Trinajstić information content (AvgIpc) is 3.69. The van der Waals surface area contributed by atoms with Crippen LogP contribution in [0.5, 0.6) is 11.5 Å². The van der Waals surface area contributed by atoms with Crippen molar-refractivity contribution in [1.29, 1.82) is 0 Å². The smallest absolute Gasteiger partial charge is 0.301 e. The number of halogens is 1. The second-order valence-electron chi connectivity index (χ2n) is 11.4. The van der Waals surface area contributed by atoms with E-state index >= 15 is 0 Å². The number of aliphatic hydroxyl groups excluding tert-OH is 1. The number of unbranched alkanes of at least 4 members (excludes halogenated alkanes) is 1. The maximum Gasteiger partial charge on any atom is 0.301 e. The molecule has 1 unspecified atom stereocenters. The predicted molar refractivity (Wildman–Crippen MR) is 195 cm³/mol. The lowest BCUT2D eigenvalue weighted by atomic mass is 9.95. The number of ketones is 1. The topological polar surface area (TPSA) is 102 Å². The Morgan fingerprint density at radius 3 is 2.29 bits per heavy atom. The molecule has 4 aromatic carbocycles. The van der Waals surface area contributed by atoms with Gasteiger partial charge >= 0.3 is 5.91 Å². The summed E-state index contributed by atoms with van der Waals surface area (Å²) in [5, 5.41) is 21.2. The Bertz CT molecular complexity index is 1980. The number of rotatable bonds is 13. The standard InChI is InChI=1S/C38H34ClN3O5S2/c1-3-4-21-46-29-17-13-25(14-18-29)33-32(34(43)26-15-19-30(20-16-26)47-22-27-10-6-5-9-24(27)2)35(44)36(45)42(33)37-40-41-38(49-37)48-23-28-11-7-8-12-31(28)39/h5-20,33,43H,3-4,21-23H2,1-2H3. The zero-order valence-electron chi connectivity index (χ0n) is 27.0. The number of Topliss-reactive ketones (excluding diaryl/α,β-unsaturated/α-hetero) is 1. The molecule has 0 spiro atoms. The summed E-state index contributed by atoms with van der Waals surface area (Å²) in [6, 6.07) is 28.6. The van der Waals surface area contributed by atoms with E-state index in [1.165, 1.54) is 28.0 Å². The van der Waals surface area contributed by atoms with Crippen LogP contribution in [-0.4, -0.2) is 33.6 Å². The van der Waals surface area contributed by atoms with Gasteiger partial charge in [-0.2, -0.15) is 0 Å². The number of hydrogen-bond acceptors (Lipinski definition) is 9. The number of aliphatic hydroxyl groups is 1. The normalized spacial score (nSPS) is 15.5. The van der Waals surface area contributed by atoms with E-state index in [1.807, 2.05) is 55.5 Å². The number of aryl methyl sites for hydroxylation is 1. The minimum atomic E-state index is -0.948. The molecule has 0 aliphatic carbocycles. The van der Waals surface area contributed by atoms with Gasteiger partial charge in [-0.3, -0.25) is 14.5 Å². The van der Waals surface area contributed by atoms with Crippen molar-refractivity contribution in [3.8, 4) is 11.5 Å². The minimum absolute atomic E-state index is 0.0429. The second kappa shape index (κ2) is 15.7. The molecule has 49 heavy (non-hydrogen) atoms. The number of benzene rings is 4. The van der Waals surface area contributed by atoms with Crippen LogP contribution < -0.4 is 14.4 Å². The molecule has 1 aromatic heterocycles. The van der Waals surface area contributed by atoms with Crippen molar-refractivity contribution in [2.45, 2.75) is 49.4 Å². The van der Waals surface area contributed by atoms with E-state index in [0.717, 1.165) is 29.5 Å². The molecule has 1 amide bonds.